The minimum Gasteiger partial charge on any atom is -0.361 e. The second-order valence-corrected chi connectivity index (χ2v) is 7.84. The van der Waals surface area contributed by atoms with Gasteiger partial charge in [-0.1, -0.05) is 78.9 Å². The molecule has 0 spiro atoms. The molecule has 2 aromatic heterocycles. The van der Waals surface area contributed by atoms with E-state index in [0.29, 0.717) is 0 Å². The lowest BCUT2D eigenvalue weighted by Crippen LogP contribution is -2.26. The highest BCUT2D eigenvalue weighted by Crippen LogP contribution is 2.25. The maximum atomic E-state index is 4.94. The number of hydrogen-bond acceptors (Lipinski definition) is 2. The first-order chi connectivity index (χ1) is 15.4. The van der Waals surface area contributed by atoms with E-state index < -0.39 is 0 Å². The van der Waals surface area contributed by atoms with Crippen molar-refractivity contribution in [3.8, 4) is 11.3 Å². The molecule has 154 valence electrons. The molecule has 1 atom stereocenters. The van der Waals surface area contributed by atoms with Gasteiger partial charge in [-0.05, 0) is 36.6 Å². The van der Waals surface area contributed by atoms with Crippen molar-refractivity contribution in [1.82, 2.24) is 20.3 Å². The van der Waals surface area contributed by atoms with Crippen molar-refractivity contribution < 1.29 is 0 Å². The number of benzene rings is 3. The summed E-state index contributed by atoms with van der Waals surface area (Å²) in [5.41, 5.74) is 5.91. The largest absolute Gasteiger partial charge is 0.361 e. The minimum atomic E-state index is 0.0976. The fourth-order valence-electron chi connectivity index (χ4n) is 4.09. The number of nitrogens with one attached hydrogen (secondary N) is 3. The van der Waals surface area contributed by atoms with Crippen LogP contribution < -0.4 is 5.32 Å². The molecular weight excluding hydrogens is 380 g/mol. The van der Waals surface area contributed by atoms with Crippen molar-refractivity contribution >= 4 is 10.9 Å². The lowest BCUT2D eigenvalue weighted by molar-refractivity contribution is 0.514. The van der Waals surface area contributed by atoms with Gasteiger partial charge in [-0.2, -0.15) is 0 Å². The molecule has 1 unspecified atom stereocenters. The Labute approximate surface area is 182 Å². The van der Waals surface area contributed by atoms with Crippen molar-refractivity contribution in [2.75, 3.05) is 6.54 Å². The Morgan fingerprint density at radius 3 is 2.35 bits per heavy atom. The third-order valence-corrected chi connectivity index (χ3v) is 5.74. The molecule has 31 heavy (non-hydrogen) atoms. The predicted octanol–water partition coefficient (Wildman–Crippen LogP) is 5.67. The van der Waals surface area contributed by atoms with E-state index in [-0.39, 0.29) is 6.04 Å². The van der Waals surface area contributed by atoms with E-state index in [4.69, 9.17) is 4.98 Å². The highest BCUT2D eigenvalue weighted by Gasteiger charge is 2.18. The smallest absolute Gasteiger partial charge is 0.124 e. The lowest BCUT2D eigenvalue weighted by Gasteiger charge is -2.17. The Morgan fingerprint density at radius 1 is 0.774 bits per heavy atom. The molecule has 5 aromatic rings. The van der Waals surface area contributed by atoms with E-state index in [1.165, 1.54) is 22.0 Å². The van der Waals surface area contributed by atoms with E-state index in [1.54, 1.807) is 0 Å². The molecule has 0 fully saturated rings. The summed E-state index contributed by atoms with van der Waals surface area (Å²) in [6, 6.07) is 29.5. The lowest BCUT2D eigenvalue weighted by atomic mass is 10.0. The van der Waals surface area contributed by atoms with Gasteiger partial charge >= 0.3 is 0 Å². The van der Waals surface area contributed by atoms with Gasteiger partial charge in [-0.25, -0.2) is 4.98 Å². The van der Waals surface area contributed by atoms with Gasteiger partial charge < -0.3 is 15.3 Å². The monoisotopic (exact) mass is 406 g/mol. The van der Waals surface area contributed by atoms with E-state index >= 15 is 0 Å². The second-order valence-electron chi connectivity index (χ2n) is 7.84. The van der Waals surface area contributed by atoms with Gasteiger partial charge in [0.25, 0.3) is 0 Å². The Kier molecular flexibility index (Phi) is 5.63. The predicted molar refractivity (Wildman–Crippen MR) is 127 cm³/mol. The van der Waals surface area contributed by atoms with Crippen LogP contribution in [0.4, 0.5) is 0 Å². The SMILES string of the molecule is c1ccc(CCNC(Cc2c[nH]c3ccccc23)c2nc(-c3ccccc3)c[nH]2)cc1. The summed E-state index contributed by atoms with van der Waals surface area (Å²) in [7, 11) is 0. The van der Waals surface area contributed by atoms with Gasteiger partial charge in [-0.3, -0.25) is 0 Å². The average molecular weight is 407 g/mol. The van der Waals surface area contributed by atoms with Gasteiger partial charge in [0.05, 0.1) is 11.7 Å². The fraction of sp³-hybridized carbons (Fsp3) is 0.148. The quantitative estimate of drug-likeness (QED) is 0.311. The normalized spacial score (nSPS) is 12.3. The van der Waals surface area contributed by atoms with E-state index in [9.17, 15) is 0 Å². The van der Waals surface area contributed by atoms with E-state index in [2.05, 4.69) is 88.2 Å². The number of fused-ring (bicyclic) bond motifs is 1. The molecule has 4 nitrogen and oxygen atoms in total. The Bertz CT molecular complexity index is 1240. The molecule has 4 heteroatoms. The van der Waals surface area contributed by atoms with Crippen LogP contribution in [0.3, 0.4) is 0 Å². The highest BCUT2D eigenvalue weighted by atomic mass is 15.0. The van der Waals surface area contributed by atoms with Gasteiger partial charge in [0.15, 0.2) is 0 Å². The Balaban J connectivity index is 1.39. The van der Waals surface area contributed by atoms with Gasteiger partial charge in [0.2, 0.25) is 0 Å². The summed E-state index contributed by atoms with van der Waals surface area (Å²) in [6.07, 6.45) is 5.97. The van der Waals surface area contributed by atoms with Crippen molar-refractivity contribution in [2.24, 2.45) is 0 Å². The van der Waals surface area contributed by atoms with Crippen molar-refractivity contribution in [1.29, 1.82) is 0 Å². The summed E-state index contributed by atoms with van der Waals surface area (Å²) >= 11 is 0. The molecule has 0 saturated carbocycles. The van der Waals surface area contributed by atoms with Crippen molar-refractivity contribution in [3.63, 3.8) is 0 Å². The van der Waals surface area contributed by atoms with Crippen LogP contribution in [0.1, 0.15) is 23.0 Å². The maximum absolute atomic E-state index is 4.94. The number of imidazole rings is 1. The molecule has 0 bridgehead atoms. The first-order valence-corrected chi connectivity index (χ1v) is 10.8. The summed E-state index contributed by atoms with van der Waals surface area (Å²) in [5.74, 6) is 0.970. The zero-order valence-corrected chi connectivity index (χ0v) is 17.4. The molecule has 3 aromatic carbocycles. The third-order valence-electron chi connectivity index (χ3n) is 5.74. The van der Waals surface area contributed by atoms with Crippen molar-refractivity contribution in [3.05, 3.63) is 114 Å². The fourth-order valence-corrected chi connectivity index (χ4v) is 4.09. The minimum absolute atomic E-state index is 0.0976. The molecule has 0 aliphatic heterocycles. The zero-order valence-electron chi connectivity index (χ0n) is 17.4. The first kappa shape index (κ1) is 19.3. The number of aromatic nitrogens is 3. The number of aromatic amines is 2. The molecule has 0 amide bonds. The van der Waals surface area contributed by atoms with Crippen LogP contribution in [-0.4, -0.2) is 21.5 Å². The summed E-state index contributed by atoms with van der Waals surface area (Å²) in [4.78, 5) is 11.8. The molecule has 0 saturated heterocycles. The van der Waals surface area contributed by atoms with Crippen LogP contribution in [0.2, 0.25) is 0 Å². The molecule has 3 N–H and O–H groups in total. The van der Waals surface area contributed by atoms with E-state index in [1.807, 2.05) is 24.4 Å². The van der Waals surface area contributed by atoms with E-state index in [0.717, 1.165) is 36.5 Å². The molecule has 2 heterocycles. The Morgan fingerprint density at radius 2 is 1.52 bits per heavy atom. The number of H-pyrrole nitrogens is 2. The van der Waals surface area contributed by atoms with Crippen molar-refractivity contribution in [2.45, 2.75) is 18.9 Å². The highest BCUT2D eigenvalue weighted by molar-refractivity contribution is 5.83. The molecular formula is C27H26N4. The number of rotatable bonds is 8. The first-order valence-electron chi connectivity index (χ1n) is 10.8. The maximum Gasteiger partial charge on any atom is 0.124 e. The topological polar surface area (TPSA) is 56.5 Å². The average Bonchev–Trinajstić information content (AvgIpc) is 3.48. The van der Waals surface area contributed by atoms with Crippen LogP contribution in [0.15, 0.2) is 97.3 Å². The summed E-state index contributed by atoms with van der Waals surface area (Å²) < 4.78 is 0. The zero-order chi connectivity index (χ0) is 20.9. The van der Waals surface area contributed by atoms with Gasteiger partial charge in [-0.15, -0.1) is 0 Å². The number of nitrogens with zero attached hydrogens (tertiary/aromatic N) is 1. The molecule has 0 aliphatic carbocycles. The van der Waals surface area contributed by atoms with Crippen LogP contribution in [-0.2, 0) is 12.8 Å². The van der Waals surface area contributed by atoms with Crippen LogP contribution in [0.25, 0.3) is 22.2 Å². The second kappa shape index (κ2) is 9.02. The van der Waals surface area contributed by atoms with Crippen LogP contribution >= 0.6 is 0 Å². The summed E-state index contributed by atoms with van der Waals surface area (Å²) in [6.45, 7) is 0.887. The number of para-hydroxylation sites is 1. The molecule has 0 aliphatic rings. The van der Waals surface area contributed by atoms with Gasteiger partial charge in [0, 0.05) is 28.9 Å². The van der Waals surface area contributed by atoms with Crippen LogP contribution in [0, 0.1) is 0 Å². The standard InChI is InChI=1S/C27H26N4/c1-3-9-20(10-4-1)15-16-28-25(17-22-18-29-24-14-8-7-13-23(22)24)27-30-19-26(31-27)21-11-5-2-6-12-21/h1-14,18-19,25,28-29H,15-17H2,(H,30,31). The number of hydrogen-bond donors (Lipinski definition) is 3. The summed E-state index contributed by atoms with van der Waals surface area (Å²) in [5, 5.41) is 5.02. The third kappa shape index (κ3) is 4.44. The van der Waals surface area contributed by atoms with Gasteiger partial charge in [0.1, 0.15) is 5.82 Å². The van der Waals surface area contributed by atoms with Crippen LogP contribution in [0.5, 0.6) is 0 Å². The molecule has 5 rings (SSSR count). The Hall–Kier alpha value is -3.63. The molecule has 0 radical (unpaired) electrons.